The number of anilines is 1. The molecule has 1 aromatic carbocycles. The Hall–Kier alpha value is -3.13. The molecule has 7 nitrogen and oxygen atoms in total. The zero-order valence-electron chi connectivity index (χ0n) is 16.0. The van der Waals surface area contributed by atoms with Gasteiger partial charge in [-0.1, -0.05) is 16.9 Å². The van der Waals surface area contributed by atoms with Crippen LogP contribution in [0.1, 0.15) is 37.7 Å². The summed E-state index contributed by atoms with van der Waals surface area (Å²) in [4.78, 5) is 31.2. The van der Waals surface area contributed by atoms with E-state index in [-0.39, 0.29) is 11.9 Å². The molecule has 0 fully saturated rings. The first-order valence-electron chi connectivity index (χ1n) is 9.10. The minimum atomic E-state index is -0.383. The Labute approximate surface area is 172 Å². The summed E-state index contributed by atoms with van der Waals surface area (Å²) in [7, 11) is 1.35. The Morgan fingerprint density at radius 1 is 1.28 bits per heavy atom. The normalized spacial score (nSPS) is 12.7. The predicted molar refractivity (Wildman–Crippen MR) is 108 cm³/mol. The highest BCUT2D eigenvalue weighted by molar-refractivity contribution is 7.98. The zero-order chi connectivity index (χ0) is 20.4. The minimum Gasteiger partial charge on any atom is -0.465 e. The Bertz CT molecular complexity index is 1080. The fourth-order valence-electron chi connectivity index (χ4n) is 3.30. The van der Waals surface area contributed by atoms with Gasteiger partial charge in [-0.05, 0) is 49.2 Å². The number of amides is 1. The van der Waals surface area contributed by atoms with Crippen molar-refractivity contribution in [1.82, 2.24) is 10.1 Å². The number of carbonyl (C=O) groups is 2. The van der Waals surface area contributed by atoms with Crippen molar-refractivity contribution in [2.45, 2.75) is 24.1 Å². The van der Waals surface area contributed by atoms with Crippen LogP contribution in [-0.4, -0.2) is 35.7 Å². The number of rotatable bonds is 5. The standard InChI is InChI=1S/C21H19N3O4S/c1-13-10-16(23-28-13)12-29-19-17(4-3-8-22-19)20(25)24-9-7-14-11-15(21(26)27-2)5-6-18(14)24/h3-6,8,10-11H,7,9,12H2,1-2H3. The molecule has 1 aliphatic rings. The van der Waals surface area contributed by atoms with Crippen LogP contribution in [0.4, 0.5) is 5.69 Å². The molecule has 0 atom stereocenters. The number of esters is 1. The van der Waals surface area contributed by atoms with Gasteiger partial charge in [0.1, 0.15) is 10.8 Å². The molecule has 0 unspecified atom stereocenters. The number of hydrogen-bond acceptors (Lipinski definition) is 7. The monoisotopic (exact) mass is 409 g/mol. The second-order valence-electron chi connectivity index (χ2n) is 6.62. The third kappa shape index (κ3) is 3.88. The van der Waals surface area contributed by atoms with Crippen LogP contribution >= 0.6 is 11.8 Å². The second-order valence-corrected chi connectivity index (χ2v) is 7.58. The van der Waals surface area contributed by atoms with Crippen molar-refractivity contribution in [2.75, 3.05) is 18.6 Å². The summed E-state index contributed by atoms with van der Waals surface area (Å²) in [6.07, 6.45) is 2.36. The fraction of sp³-hybridized carbons (Fsp3) is 0.238. The number of benzene rings is 1. The van der Waals surface area contributed by atoms with Crippen molar-refractivity contribution in [3.8, 4) is 0 Å². The smallest absolute Gasteiger partial charge is 0.337 e. The third-order valence-electron chi connectivity index (χ3n) is 4.68. The van der Waals surface area contributed by atoms with Gasteiger partial charge in [0.05, 0.1) is 23.9 Å². The fourth-order valence-corrected chi connectivity index (χ4v) is 4.17. The first kappa shape index (κ1) is 19.2. The molecule has 29 heavy (non-hydrogen) atoms. The molecule has 8 heteroatoms. The Morgan fingerprint density at radius 2 is 2.14 bits per heavy atom. The third-order valence-corrected chi connectivity index (χ3v) is 5.72. The molecule has 148 valence electrons. The lowest BCUT2D eigenvalue weighted by Crippen LogP contribution is -2.29. The van der Waals surface area contributed by atoms with E-state index in [0.29, 0.717) is 34.9 Å². The molecular formula is C21H19N3O4S. The van der Waals surface area contributed by atoms with Gasteiger partial charge in [0.25, 0.3) is 5.91 Å². The molecule has 1 aliphatic heterocycles. The average molecular weight is 409 g/mol. The van der Waals surface area contributed by atoms with Crippen molar-refractivity contribution in [1.29, 1.82) is 0 Å². The van der Waals surface area contributed by atoms with Gasteiger partial charge in [0, 0.05) is 30.2 Å². The van der Waals surface area contributed by atoms with Crippen LogP contribution in [0.25, 0.3) is 0 Å². The van der Waals surface area contributed by atoms with Crippen LogP contribution in [0.5, 0.6) is 0 Å². The molecule has 0 saturated carbocycles. The topological polar surface area (TPSA) is 85.5 Å². The lowest BCUT2D eigenvalue weighted by atomic mass is 10.1. The SMILES string of the molecule is COC(=O)c1ccc2c(c1)CCN2C(=O)c1cccnc1SCc1cc(C)on1. The van der Waals surface area contributed by atoms with Crippen LogP contribution in [0.3, 0.4) is 0 Å². The molecule has 1 amide bonds. The van der Waals surface area contributed by atoms with Gasteiger partial charge in [-0.2, -0.15) is 0 Å². The summed E-state index contributed by atoms with van der Waals surface area (Å²) in [5.41, 5.74) is 3.61. The van der Waals surface area contributed by atoms with Crippen LogP contribution in [0, 0.1) is 6.92 Å². The summed E-state index contributed by atoms with van der Waals surface area (Å²) in [5, 5.41) is 4.64. The molecule has 0 radical (unpaired) electrons. The highest BCUT2D eigenvalue weighted by atomic mass is 32.2. The Kier molecular flexibility index (Phi) is 5.35. The highest BCUT2D eigenvalue weighted by Gasteiger charge is 2.28. The van der Waals surface area contributed by atoms with E-state index in [4.69, 9.17) is 9.26 Å². The van der Waals surface area contributed by atoms with Crippen LogP contribution in [-0.2, 0) is 16.9 Å². The van der Waals surface area contributed by atoms with Gasteiger partial charge in [-0.3, -0.25) is 4.79 Å². The van der Waals surface area contributed by atoms with E-state index in [1.54, 1.807) is 41.4 Å². The maximum atomic E-state index is 13.3. The van der Waals surface area contributed by atoms with Gasteiger partial charge >= 0.3 is 5.97 Å². The number of ether oxygens (including phenoxy) is 1. The van der Waals surface area contributed by atoms with Crippen LogP contribution < -0.4 is 4.90 Å². The van der Waals surface area contributed by atoms with Crippen molar-refractivity contribution in [2.24, 2.45) is 0 Å². The molecule has 0 aliphatic carbocycles. The molecular weight excluding hydrogens is 390 g/mol. The van der Waals surface area contributed by atoms with E-state index >= 15 is 0 Å². The number of fused-ring (bicyclic) bond motifs is 1. The molecule has 2 aromatic heterocycles. The van der Waals surface area contributed by atoms with Gasteiger partial charge in [0.2, 0.25) is 0 Å². The summed E-state index contributed by atoms with van der Waals surface area (Å²) in [6.45, 7) is 2.40. The highest BCUT2D eigenvalue weighted by Crippen LogP contribution is 2.32. The molecule has 3 heterocycles. The van der Waals surface area contributed by atoms with Gasteiger partial charge < -0.3 is 14.2 Å². The second kappa shape index (κ2) is 8.08. The molecule has 0 N–H and O–H groups in total. The van der Waals surface area contributed by atoms with Crippen molar-refractivity contribution in [3.63, 3.8) is 0 Å². The lowest BCUT2D eigenvalue weighted by molar-refractivity contribution is 0.0600. The number of carbonyl (C=O) groups excluding carboxylic acids is 2. The van der Waals surface area contributed by atoms with E-state index in [0.717, 1.165) is 22.7 Å². The Balaban J connectivity index is 1.56. The van der Waals surface area contributed by atoms with Crippen LogP contribution in [0.2, 0.25) is 0 Å². The number of pyridine rings is 1. The van der Waals surface area contributed by atoms with E-state index in [2.05, 4.69) is 10.1 Å². The van der Waals surface area contributed by atoms with Crippen molar-refractivity contribution >= 4 is 29.3 Å². The van der Waals surface area contributed by atoms with Crippen molar-refractivity contribution < 1.29 is 18.8 Å². The van der Waals surface area contributed by atoms with Gasteiger partial charge in [-0.15, -0.1) is 0 Å². The van der Waals surface area contributed by atoms with Crippen molar-refractivity contribution in [3.05, 3.63) is 70.7 Å². The first-order valence-corrected chi connectivity index (χ1v) is 10.1. The summed E-state index contributed by atoms with van der Waals surface area (Å²) < 4.78 is 9.87. The van der Waals surface area contributed by atoms with E-state index in [1.807, 2.05) is 13.0 Å². The van der Waals surface area contributed by atoms with E-state index < -0.39 is 0 Å². The molecule has 0 saturated heterocycles. The summed E-state index contributed by atoms with van der Waals surface area (Å²) in [5.74, 6) is 0.819. The van der Waals surface area contributed by atoms with Crippen LogP contribution in [0.15, 0.2) is 52.1 Å². The molecule has 4 rings (SSSR count). The van der Waals surface area contributed by atoms with Gasteiger partial charge in [0.15, 0.2) is 0 Å². The number of nitrogens with zero attached hydrogens (tertiary/aromatic N) is 3. The quantitative estimate of drug-likeness (QED) is 0.469. The predicted octanol–water partition coefficient (Wildman–Crippen LogP) is 3.66. The largest absolute Gasteiger partial charge is 0.465 e. The Morgan fingerprint density at radius 3 is 2.90 bits per heavy atom. The summed E-state index contributed by atoms with van der Waals surface area (Å²) >= 11 is 1.45. The summed E-state index contributed by atoms with van der Waals surface area (Å²) in [6, 6.07) is 10.7. The van der Waals surface area contributed by atoms with E-state index in [1.165, 1.54) is 18.9 Å². The maximum Gasteiger partial charge on any atom is 0.337 e. The number of aryl methyl sites for hydroxylation is 1. The number of aromatic nitrogens is 2. The molecule has 0 bridgehead atoms. The minimum absolute atomic E-state index is 0.110. The number of methoxy groups -OCH3 is 1. The maximum absolute atomic E-state index is 13.3. The van der Waals surface area contributed by atoms with E-state index in [9.17, 15) is 9.59 Å². The molecule has 0 spiro atoms. The number of thioether (sulfide) groups is 1. The zero-order valence-corrected chi connectivity index (χ0v) is 16.9. The van der Waals surface area contributed by atoms with Gasteiger partial charge in [-0.25, -0.2) is 9.78 Å². The average Bonchev–Trinajstić information content (AvgIpc) is 3.36. The number of hydrogen-bond donors (Lipinski definition) is 0. The molecule has 3 aromatic rings. The lowest BCUT2D eigenvalue weighted by Gasteiger charge is -2.18. The first-order chi connectivity index (χ1) is 14.1.